The number of hydrogen-bond acceptors (Lipinski definition) is 5. The largest absolute Gasteiger partial charge is 0.444 e. The van der Waals surface area contributed by atoms with Gasteiger partial charge in [-0.3, -0.25) is 9.59 Å². The summed E-state index contributed by atoms with van der Waals surface area (Å²) in [5, 5.41) is 16.2. The summed E-state index contributed by atoms with van der Waals surface area (Å²) in [6.07, 6.45) is 2.88. The minimum absolute atomic E-state index is 0.102. The van der Waals surface area contributed by atoms with Gasteiger partial charge in [0.1, 0.15) is 5.60 Å². The minimum atomic E-state index is -1.31. The fourth-order valence-corrected chi connectivity index (χ4v) is 6.75. The Morgan fingerprint density at radius 1 is 1.04 bits per heavy atom. The van der Waals surface area contributed by atoms with Gasteiger partial charge in [-0.05, 0) is 93.3 Å². The summed E-state index contributed by atoms with van der Waals surface area (Å²) >= 11 is 6.89. The average Bonchev–Trinajstić information content (AvgIpc) is 3.05. The molecular weight excluding hydrogens is 626 g/mol. The molecule has 2 atom stereocenters. The van der Waals surface area contributed by atoms with Crippen LogP contribution < -0.4 is 5.32 Å². The van der Waals surface area contributed by atoms with Crippen molar-refractivity contribution < 1.29 is 24.2 Å². The summed E-state index contributed by atoms with van der Waals surface area (Å²) in [5.74, 6) is -0.481. The third kappa shape index (κ3) is 9.38. The molecule has 3 amide bonds. The van der Waals surface area contributed by atoms with Crippen molar-refractivity contribution in [3.63, 3.8) is 0 Å². The predicted molar refractivity (Wildman–Crippen MR) is 191 cm³/mol. The van der Waals surface area contributed by atoms with Gasteiger partial charge in [-0.25, -0.2) is 4.79 Å². The second-order valence-electron chi connectivity index (χ2n) is 13.9. The van der Waals surface area contributed by atoms with Crippen LogP contribution in [0.4, 0.5) is 4.79 Å². The van der Waals surface area contributed by atoms with E-state index in [4.69, 9.17) is 16.3 Å². The number of hydrogen-bond donors (Lipinski definition) is 2. The van der Waals surface area contributed by atoms with Gasteiger partial charge in [0.05, 0.1) is 5.60 Å². The lowest BCUT2D eigenvalue weighted by atomic mass is 9.72. The van der Waals surface area contributed by atoms with E-state index in [-0.39, 0.29) is 17.7 Å². The van der Waals surface area contributed by atoms with Crippen molar-refractivity contribution in [3.05, 3.63) is 94.0 Å². The summed E-state index contributed by atoms with van der Waals surface area (Å²) < 4.78 is 5.45. The molecule has 1 heterocycles. The second kappa shape index (κ2) is 16.0. The van der Waals surface area contributed by atoms with E-state index in [9.17, 15) is 19.5 Å². The Balaban J connectivity index is 1.59. The van der Waals surface area contributed by atoms with Gasteiger partial charge in [-0.1, -0.05) is 67.1 Å². The highest BCUT2D eigenvalue weighted by atomic mass is 35.5. The number of ether oxygens (including phenoxy) is 1. The maximum Gasteiger partial charge on any atom is 0.410 e. The van der Waals surface area contributed by atoms with Gasteiger partial charge in [0.25, 0.3) is 5.91 Å². The van der Waals surface area contributed by atoms with Gasteiger partial charge in [0.15, 0.2) is 0 Å². The molecule has 9 heteroatoms. The number of nitrogens with zero attached hydrogens (tertiary/aromatic N) is 2. The molecule has 2 N–H and O–H groups in total. The van der Waals surface area contributed by atoms with E-state index in [1.165, 1.54) is 17.4 Å². The highest BCUT2D eigenvalue weighted by molar-refractivity contribution is 6.33. The summed E-state index contributed by atoms with van der Waals surface area (Å²) in [5.41, 5.74) is 3.19. The molecule has 1 saturated heterocycles. The van der Waals surface area contributed by atoms with Gasteiger partial charge >= 0.3 is 6.09 Å². The molecule has 258 valence electrons. The normalized spacial score (nSPS) is 16.2. The summed E-state index contributed by atoms with van der Waals surface area (Å²) in [7, 11) is 1.68. The summed E-state index contributed by atoms with van der Waals surface area (Å²) in [6, 6.07) is 21.2. The van der Waals surface area contributed by atoms with Crippen molar-refractivity contribution in [1.82, 2.24) is 15.1 Å². The fourth-order valence-electron chi connectivity index (χ4n) is 6.47. The van der Waals surface area contributed by atoms with Gasteiger partial charge in [-0.15, -0.1) is 0 Å². The van der Waals surface area contributed by atoms with Crippen LogP contribution in [0.3, 0.4) is 0 Å². The Hall–Kier alpha value is -3.88. The molecule has 3 aromatic rings. The van der Waals surface area contributed by atoms with E-state index in [0.29, 0.717) is 49.6 Å². The van der Waals surface area contributed by atoms with Gasteiger partial charge in [-0.2, -0.15) is 0 Å². The average molecular weight is 676 g/mol. The number of carbonyl (C=O) groups is 3. The number of benzene rings is 3. The Bertz CT molecular complexity index is 1590. The molecule has 0 saturated carbocycles. The number of halogens is 1. The first-order chi connectivity index (χ1) is 22.7. The van der Waals surface area contributed by atoms with Gasteiger partial charge in [0.2, 0.25) is 5.91 Å². The van der Waals surface area contributed by atoms with Crippen LogP contribution in [-0.4, -0.2) is 65.1 Å². The van der Waals surface area contributed by atoms with E-state index in [1.54, 1.807) is 19.2 Å². The van der Waals surface area contributed by atoms with Crippen molar-refractivity contribution in [2.45, 2.75) is 84.5 Å². The molecule has 0 bridgehead atoms. The molecule has 1 fully saturated rings. The maximum absolute atomic E-state index is 13.8. The molecule has 1 aliphatic rings. The summed E-state index contributed by atoms with van der Waals surface area (Å²) in [6.45, 7) is 10.8. The number of amides is 3. The molecular formula is C39H50ClN3O5. The number of carbonyl (C=O) groups excluding carboxylic acids is 3. The third-order valence-electron chi connectivity index (χ3n) is 8.92. The highest BCUT2D eigenvalue weighted by Crippen LogP contribution is 2.45. The first-order valence-electron chi connectivity index (χ1n) is 16.9. The van der Waals surface area contributed by atoms with E-state index in [0.717, 1.165) is 41.5 Å². The van der Waals surface area contributed by atoms with Crippen LogP contribution in [0.2, 0.25) is 5.02 Å². The molecule has 0 spiro atoms. The molecule has 8 nitrogen and oxygen atoms in total. The SMILES string of the molecule is CCc1cccc(-c2c(Cl)cccc2C(O)(CCCNC(C)=O)C2CCCN(C(=O)c3ccc(CN(C)C(=O)OC(C)(C)C)cc3)C2)c1. The van der Waals surface area contributed by atoms with E-state index >= 15 is 0 Å². The van der Waals surface area contributed by atoms with Crippen LogP contribution in [0.15, 0.2) is 66.7 Å². The topological polar surface area (TPSA) is 99.2 Å². The van der Waals surface area contributed by atoms with Crippen LogP contribution in [0, 0.1) is 5.92 Å². The number of aliphatic hydroxyl groups is 1. The molecule has 2 unspecified atom stereocenters. The van der Waals surface area contributed by atoms with Crippen molar-refractivity contribution >= 4 is 29.5 Å². The lowest BCUT2D eigenvalue weighted by Crippen LogP contribution is -2.48. The zero-order valence-corrected chi connectivity index (χ0v) is 29.9. The van der Waals surface area contributed by atoms with Crippen LogP contribution in [0.5, 0.6) is 0 Å². The predicted octanol–water partition coefficient (Wildman–Crippen LogP) is 7.59. The Morgan fingerprint density at radius 2 is 1.75 bits per heavy atom. The van der Waals surface area contributed by atoms with Crippen LogP contribution >= 0.6 is 11.6 Å². The van der Waals surface area contributed by atoms with Gasteiger partial charge in [0, 0.05) is 62.2 Å². The molecule has 48 heavy (non-hydrogen) atoms. The second-order valence-corrected chi connectivity index (χ2v) is 14.3. The third-order valence-corrected chi connectivity index (χ3v) is 9.24. The number of nitrogens with one attached hydrogen (secondary N) is 1. The molecule has 3 aromatic carbocycles. The standard InChI is InChI=1S/C39H50ClN3O5/c1-7-28-12-8-13-31(24-28)35-33(15-9-16-34(35)40)39(47,21-11-22-41-27(2)44)32-14-10-23-43(26-32)36(45)30-19-17-29(18-20-30)25-42(6)37(46)48-38(3,4)5/h8-9,12-13,15-20,24,32,47H,7,10-11,14,21-23,25-26H2,1-6H3,(H,41,44). The monoisotopic (exact) mass is 675 g/mol. The highest BCUT2D eigenvalue weighted by Gasteiger charge is 2.43. The fraction of sp³-hybridized carbons (Fsp3) is 0.462. The number of aryl methyl sites for hydroxylation is 1. The molecule has 0 radical (unpaired) electrons. The van der Waals surface area contributed by atoms with E-state index in [2.05, 4.69) is 24.4 Å². The molecule has 0 aromatic heterocycles. The molecule has 1 aliphatic heterocycles. The zero-order chi connectivity index (χ0) is 35.1. The minimum Gasteiger partial charge on any atom is -0.444 e. The maximum atomic E-state index is 13.8. The van der Waals surface area contributed by atoms with Crippen molar-refractivity contribution in [2.24, 2.45) is 5.92 Å². The Labute approximate surface area is 290 Å². The Morgan fingerprint density at radius 3 is 2.42 bits per heavy atom. The Kier molecular flexibility index (Phi) is 12.3. The van der Waals surface area contributed by atoms with Crippen LogP contribution in [0.1, 0.15) is 87.4 Å². The molecule has 4 rings (SSSR count). The lowest BCUT2D eigenvalue weighted by Gasteiger charge is -2.44. The molecule has 0 aliphatic carbocycles. The number of piperidine rings is 1. The summed E-state index contributed by atoms with van der Waals surface area (Å²) in [4.78, 5) is 41.2. The van der Waals surface area contributed by atoms with Crippen molar-refractivity contribution in [3.8, 4) is 11.1 Å². The number of likely N-dealkylation sites (tertiary alicyclic amines) is 1. The first-order valence-corrected chi connectivity index (χ1v) is 17.3. The quantitative estimate of drug-likeness (QED) is 0.204. The van der Waals surface area contributed by atoms with E-state index < -0.39 is 17.3 Å². The van der Waals surface area contributed by atoms with Gasteiger partial charge < -0.3 is 25.0 Å². The van der Waals surface area contributed by atoms with Crippen molar-refractivity contribution in [2.75, 3.05) is 26.7 Å². The zero-order valence-electron chi connectivity index (χ0n) is 29.1. The van der Waals surface area contributed by atoms with Crippen LogP contribution in [0.25, 0.3) is 11.1 Å². The van der Waals surface area contributed by atoms with Crippen molar-refractivity contribution in [1.29, 1.82) is 0 Å². The smallest absolute Gasteiger partial charge is 0.410 e. The number of rotatable bonds is 11. The first kappa shape index (κ1) is 36.9. The lowest BCUT2D eigenvalue weighted by molar-refractivity contribution is -0.119. The van der Waals surface area contributed by atoms with E-state index in [1.807, 2.05) is 68.1 Å². The van der Waals surface area contributed by atoms with Crippen LogP contribution in [-0.2, 0) is 28.1 Å².